The molecule has 21 heavy (non-hydrogen) atoms. The molecular formula is C17H24N2O2. The lowest BCUT2D eigenvalue weighted by molar-refractivity contribution is 0.0698. The molecule has 0 bridgehead atoms. The summed E-state index contributed by atoms with van der Waals surface area (Å²) in [5.74, 6) is -0.566. The molecule has 0 aliphatic rings. The van der Waals surface area contributed by atoms with Crippen LogP contribution in [0, 0.1) is 6.92 Å². The first-order valence-corrected chi connectivity index (χ1v) is 7.43. The molecule has 1 aromatic heterocycles. The number of hydrogen-bond donors (Lipinski definition) is 2. The zero-order chi connectivity index (χ0) is 15.7. The van der Waals surface area contributed by atoms with Gasteiger partial charge in [-0.15, -0.1) is 0 Å². The van der Waals surface area contributed by atoms with Crippen molar-refractivity contribution in [2.75, 3.05) is 6.54 Å². The average molecular weight is 288 g/mol. The van der Waals surface area contributed by atoms with Crippen molar-refractivity contribution < 1.29 is 9.90 Å². The Labute approximate surface area is 125 Å². The van der Waals surface area contributed by atoms with Gasteiger partial charge in [-0.1, -0.05) is 13.8 Å². The molecule has 0 atom stereocenters. The number of nitrogens with two attached hydrogens (primary N) is 1. The maximum absolute atomic E-state index is 11.6. The minimum atomic E-state index is -0.867. The predicted molar refractivity (Wildman–Crippen MR) is 86.1 cm³/mol. The number of carbonyl (C=O) groups is 1. The first-order valence-electron chi connectivity index (χ1n) is 7.43. The van der Waals surface area contributed by atoms with Gasteiger partial charge in [0.1, 0.15) is 0 Å². The van der Waals surface area contributed by atoms with Crippen molar-refractivity contribution in [1.82, 2.24) is 4.57 Å². The molecule has 0 aliphatic carbocycles. The fourth-order valence-electron chi connectivity index (χ4n) is 2.90. The monoisotopic (exact) mass is 288 g/mol. The predicted octanol–water partition coefficient (Wildman–Crippen LogP) is 3.20. The molecule has 0 radical (unpaired) electrons. The zero-order valence-electron chi connectivity index (χ0n) is 13.2. The zero-order valence-corrected chi connectivity index (χ0v) is 13.2. The number of aromatic nitrogens is 1. The molecule has 2 rings (SSSR count). The van der Waals surface area contributed by atoms with E-state index in [1.54, 1.807) is 0 Å². The van der Waals surface area contributed by atoms with Crippen LogP contribution in [-0.2, 0) is 13.5 Å². The van der Waals surface area contributed by atoms with Crippen molar-refractivity contribution in [3.05, 3.63) is 34.5 Å². The normalized spacial score (nSPS) is 11.5. The highest BCUT2D eigenvalue weighted by molar-refractivity contribution is 6.04. The van der Waals surface area contributed by atoms with E-state index in [0.29, 0.717) is 18.0 Å². The summed E-state index contributed by atoms with van der Waals surface area (Å²) in [4.78, 5) is 11.6. The van der Waals surface area contributed by atoms with E-state index in [9.17, 15) is 9.90 Å². The van der Waals surface area contributed by atoms with Crippen LogP contribution in [0.25, 0.3) is 10.9 Å². The quantitative estimate of drug-likeness (QED) is 0.887. The molecule has 0 unspecified atom stereocenters. The molecule has 4 nitrogen and oxygen atoms in total. The highest BCUT2D eigenvalue weighted by Gasteiger charge is 2.20. The van der Waals surface area contributed by atoms with Gasteiger partial charge in [0, 0.05) is 18.1 Å². The lowest BCUT2D eigenvalue weighted by atomic mass is 9.95. The highest BCUT2D eigenvalue weighted by atomic mass is 16.4. The van der Waals surface area contributed by atoms with E-state index in [1.807, 2.05) is 24.6 Å². The highest BCUT2D eigenvalue weighted by Crippen LogP contribution is 2.32. The van der Waals surface area contributed by atoms with E-state index in [4.69, 9.17) is 5.73 Å². The molecule has 1 aromatic carbocycles. The number of hydrogen-bond acceptors (Lipinski definition) is 2. The van der Waals surface area contributed by atoms with Crippen molar-refractivity contribution in [3.8, 4) is 0 Å². The van der Waals surface area contributed by atoms with Gasteiger partial charge < -0.3 is 15.4 Å². The summed E-state index contributed by atoms with van der Waals surface area (Å²) in [7, 11) is 1.94. The Kier molecular flexibility index (Phi) is 4.37. The van der Waals surface area contributed by atoms with Crippen LogP contribution < -0.4 is 5.73 Å². The maximum Gasteiger partial charge on any atom is 0.337 e. The number of aryl methyl sites for hydroxylation is 2. The summed E-state index contributed by atoms with van der Waals surface area (Å²) >= 11 is 0. The summed E-state index contributed by atoms with van der Waals surface area (Å²) in [6, 6.07) is 3.95. The fourth-order valence-corrected chi connectivity index (χ4v) is 2.90. The van der Waals surface area contributed by atoms with E-state index in [1.165, 1.54) is 5.56 Å². The van der Waals surface area contributed by atoms with E-state index in [2.05, 4.69) is 19.9 Å². The Balaban J connectivity index is 2.80. The Hall–Kier alpha value is -1.81. The van der Waals surface area contributed by atoms with Gasteiger partial charge in [-0.3, -0.25) is 0 Å². The van der Waals surface area contributed by atoms with Crippen LogP contribution in [0.4, 0.5) is 0 Å². The number of rotatable bonds is 5. The number of fused-ring (bicyclic) bond motifs is 1. The SMILES string of the molecule is Cc1c(CCCN)c2cc(C(C)C)cc(C(=O)O)c2n1C. The molecule has 0 spiro atoms. The largest absolute Gasteiger partial charge is 0.478 e. The second kappa shape index (κ2) is 5.90. The minimum absolute atomic E-state index is 0.301. The smallest absolute Gasteiger partial charge is 0.337 e. The third-order valence-corrected chi connectivity index (χ3v) is 4.26. The topological polar surface area (TPSA) is 68.2 Å². The van der Waals surface area contributed by atoms with Gasteiger partial charge in [0.15, 0.2) is 0 Å². The number of aromatic carboxylic acids is 1. The van der Waals surface area contributed by atoms with Gasteiger partial charge in [-0.05, 0) is 55.5 Å². The third kappa shape index (κ3) is 2.68. The van der Waals surface area contributed by atoms with Gasteiger partial charge in [0.05, 0.1) is 11.1 Å². The van der Waals surface area contributed by atoms with Crippen molar-refractivity contribution in [2.45, 2.75) is 39.5 Å². The molecule has 114 valence electrons. The number of carboxylic acid groups (broad SMARTS) is 1. The van der Waals surface area contributed by atoms with Crippen LogP contribution in [0.3, 0.4) is 0 Å². The molecule has 3 N–H and O–H groups in total. The number of benzene rings is 1. The molecular weight excluding hydrogens is 264 g/mol. The molecule has 0 saturated heterocycles. The second-order valence-electron chi connectivity index (χ2n) is 5.94. The second-order valence-corrected chi connectivity index (χ2v) is 5.94. The van der Waals surface area contributed by atoms with Gasteiger partial charge in [-0.25, -0.2) is 4.79 Å². The molecule has 1 heterocycles. The lowest BCUT2D eigenvalue weighted by Crippen LogP contribution is -2.03. The summed E-state index contributed by atoms with van der Waals surface area (Å²) in [6.45, 7) is 6.86. The van der Waals surface area contributed by atoms with Crippen molar-refractivity contribution in [1.29, 1.82) is 0 Å². The van der Waals surface area contributed by atoms with Crippen LogP contribution in [0.1, 0.15) is 53.4 Å². The number of nitrogens with zero attached hydrogens (tertiary/aromatic N) is 1. The van der Waals surface area contributed by atoms with Crippen LogP contribution in [0.2, 0.25) is 0 Å². The number of carboxylic acids is 1. The van der Waals surface area contributed by atoms with E-state index in [-0.39, 0.29) is 0 Å². The summed E-state index contributed by atoms with van der Waals surface area (Å²) in [5, 5.41) is 10.6. The molecule has 0 amide bonds. The van der Waals surface area contributed by atoms with Crippen LogP contribution in [0.15, 0.2) is 12.1 Å². The van der Waals surface area contributed by atoms with Gasteiger partial charge >= 0.3 is 5.97 Å². The molecule has 0 fully saturated rings. The van der Waals surface area contributed by atoms with E-state index >= 15 is 0 Å². The first-order chi connectivity index (χ1) is 9.88. The maximum atomic E-state index is 11.6. The minimum Gasteiger partial charge on any atom is -0.478 e. The van der Waals surface area contributed by atoms with Crippen molar-refractivity contribution in [2.24, 2.45) is 12.8 Å². The summed E-state index contributed by atoms with van der Waals surface area (Å²) in [5.41, 5.74) is 10.3. The summed E-state index contributed by atoms with van der Waals surface area (Å²) < 4.78 is 1.99. The van der Waals surface area contributed by atoms with E-state index < -0.39 is 5.97 Å². The molecule has 0 aliphatic heterocycles. The molecule has 0 saturated carbocycles. The third-order valence-electron chi connectivity index (χ3n) is 4.26. The first kappa shape index (κ1) is 15.6. The molecule has 2 aromatic rings. The van der Waals surface area contributed by atoms with Crippen LogP contribution in [-0.4, -0.2) is 22.2 Å². The fraction of sp³-hybridized carbons (Fsp3) is 0.471. The van der Waals surface area contributed by atoms with Crippen molar-refractivity contribution >= 4 is 16.9 Å². The van der Waals surface area contributed by atoms with Crippen LogP contribution in [0.5, 0.6) is 0 Å². The van der Waals surface area contributed by atoms with Crippen LogP contribution >= 0.6 is 0 Å². The average Bonchev–Trinajstić information content (AvgIpc) is 2.68. The Morgan fingerprint density at radius 2 is 2.05 bits per heavy atom. The van der Waals surface area contributed by atoms with Gasteiger partial charge in [-0.2, -0.15) is 0 Å². The van der Waals surface area contributed by atoms with Gasteiger partial charge in [0.2, 0.25) is 0 Å². The van der Waals surface area contributed by atoms with Gasteiger partial charge in [0.25, 0.3) is 0 Å². The Bertz CT molecular complexity index is 684. The summed E-state index contributed by atoms with van der Waals surface area (Å²) in [6.07, 6.45) is 1.80. The lowest BCUT2D eigenvalue weighted by Gasteiger charge is -2.10. The molecule has 4 heteroatoms. The standard InChI is InChI=1S/C17H24N2O2/c1-10(2)12-8-14-13(6-5-7-18)11(3)19(4)16(14)15(9-12)17(20)21/h8-10H,5-7,18H2,1-4H3,(H,20,21). The van der Waals surface area contributed by atoms with Crippen molar-refractivity contribution in [3.63, 3.8) is 0 Å². The van der Waals surface area contributed by atoms with E-state index in [0.717, 1.165) is 35.0 Å². The Morgan fingerprint density at radius 1 is 1.38 bits per heavy atom. The Morgan fingerprint density at radius 3 is 2.57 bits per heavy atom.